The first-order chi connectivity index (χ1) is 9.38. The summed E-state index contributed by atoms with van der Waals surface area (Å²) >= 11 is 1.47. The van der Waals surface area contributed by atoms with Gasteiger partial charge in [-0.05, 0) is 6.92 Å². The number of aliphatic carboxylic acids is 1. The quantitative estimate of drug-likeness (QED) is 0.778. The summed E-state index contributed by atoms with van der Waals surface area (Å²) in [5.74, 6) is -1.88. The molecule has 3 amide bonds. The van der Waals surface area contributed by atoms with Gasteiger partial charge in [-0.1, -0.05) is 0 Å². The lowest BCUT2D eigenvalue weighted by molar-refractivity contribution is -0.143. The van der Waals surface area contributed by atoms with Crippen LogP contribution in [0, 0.1) is 6.92 Å². The fourth-order valence-corrected chi connectivity index (χ4v) is 1.88. The van der Waals surface area contributed by atoms with Gasteiger partial charge in [-0.3, -0.25) is 10.1 Å². The van der Waals surface area contributed by atoms with Gasteiger partial charge >= 0.3 is 12.0 Å². The monoisotopic (exact) mass is 301 g/mol. The van der Waals surface area contributed by atoms with E-state index in [0.29, 0.717) is 0 Å². The van der Waals surface area contributed by atoms with Crippen LogP contribution in [0.5, 0.6) is 0 Å². The van der Waals surface area contributed by atoms with Crippen molar-refractivity contribution < 1.29 is 24.2 Å². The second-order valence-corrected chi connectivity index (χ2v) is 5.02. The number of ether oxygens (including phenoxy) is 1. The number of amides is 3. The van der Waals surface area contributed by atoms with Gasteiger partial charge in [0.1, 0.15) is 13.2 Å². The summed E-state index contributed by atoms with van der Waals surface area (Å²) in [5, 5.41) is 13.1. The number of aryl methyl sites for hydroxylation is 1. The first-order valence-corrected chi connectivity index (χ1v) is 6.52. The lowest BCUT2D eigenvalue weighted by atomic mass is 10.4. The summed E-state index contributed by atoms with van der Waals surface area (Å²) < 4.78 is 4.57. The standard InChI is InChI=1S/C11H15N3O5S/c1-7-12-8(6-20-7)3-14(2)11(18)13-9(15)4-19-5-10(16)17/h6H,3-5H2,1-2H3,(H,16,17)(H,13,15,18). The van der Waals surface area contributed by atoms with Crippen molar-refractivity contribution >= 4 is 29.2 Å². The molecule has 0 aliphatic carbocycles. The van der Waals surface area contributed by atoms with E-state index < -0.39 is 31.1 Å². The van der Waals surface area contributed by atoms with Crippen LogP contribution in [0.2, 0.25) is 0 Å². The predicted molar refractivity (Wildman–Crippen MR) is 70.3 cm³/mol. The Hall–Kier alpha value is -2.00. The highest BCUT2D eigenvalue weighted by atomic mass is 32.1. The third-order valence-electron chi connectivity index (χ3n) is 2.12. The third kappa shape index (κ3) is 5.76. The van der Waals surface area contributed by atoms with Crippen LogP contribution in [0.1, 0.15) is 10.7 Å². The second kappa shape index (κ2) is 7.56. The average Bonchev–Trinajstić information content (AvgIpc) is 2.74. The van der Waals surface area contributed by atoms with Crippen LogP contribution in [-0.2, 0) is 20.9 Å². The molecule has 0 aromatic carbocycles. The molecule has 2 N–H and O–H groups in total. The number of hydrogen-bond acceptors (Lipinski definition) is 6. The van der Waals surface area contributed by atoms with Crippen molar-refractivity contribution in [2.75, 3.05) is 20.3 Å². The van der Waals surface area contributed by atoms with Gasteiger partial charge in [-0.25, -0.2) is 14.6 Å². The first kappa shape index (κ1) is 16.1. The van der Waals surface area contributed by atoms with Crippen LogP contribution in [0.3, 0.4) is 0 Å². The summed E-state index contributed by atoms with van der Waals surface area (Å²) in [5.41, 5.74) is 0.736. The van der Waals surface area contributed by atoms with Crippen molar-refractivity contribution in [1.82, 2.24) is 15.2 Å². The number of urea groups is 1. The van der Waals surface area contributed by atoms with Crippen LogP contribution in [0.25, 0.3) is 0 Å². The number of rotatable bonds is 6. The maximum absolute atomic E-state index is 11.7. The molecule has 0 fully saturated rings. The number of thiazole rings is 1. The minimum atomic E-state index is -1.18. The minimum Gasteiger partial charge on any atom is -0.480 e. The average molecular weight is 301 g/mol. The number of carbonyl (C=O) groups excluding carboxylic acids is 2. The van der Waals surface area contributed by atoms with Gasteiger partial charge in [0.15, 0.2) is 0 Å². The Bertz CT molecular complexity index is 502. The summed E-state index contributed by atoms with van der Waals surface area (Å²) in [6, 6.07) is -0.598. The van der Waals surface area contributed by atoms with Gasteiger partial charge in [0.05, 0.1) is 17.2 Å². The van der Waals surface area contributed by atoms with Crippen molar-refractivity contribution in [3.8, 4) is 0 Å². The lowest BCUT2D eigenvalue weighted by Gasteiger charge is -2.15. The highest BCUT2D eigenvalue weighted by Gasteiger charge is 2.14. The molecule has 0 spiro atoms. The van der Waals surface area contributed by atoms with Gasteiger partial charge in [0.2, 0.25) is 0 Å². The third-order valence-corrected chi connectivity index (χ3v) is 2.94. The summed E-state index contributed by atoms with van der Waals surface area (Å²) in [7, 11) is 1.52. The van der Waals surface area contributed by atoms with Crippen molar-refractivity contribution in [2.45, 2.75) is 13.5 Å². The summed E-state index contributed by atoms with van der Waals surface area (Å²) in [6.45, 7) is 1.06. The Morgan fingerprint density at radius 1 is 1.45 bits per heavy atom. The van der Waals surface area contributed by atoms with E-state index in [0.717, 1.165) is 10.7 Å². The maximum Gasteiger partial charge on any atom is 0.329 e. The highest BCUT2D eigenvalue weighted by molar-refractivity contribution is 7.09. The maximum atomic E-state index is 11.7. The Morgan fingerprint density at radius 2 is 2.15 bits per heavy atom. The zero-order valence-electron chi connectivity index (χ0n) is 11.1. The number of nitrogens with one attached hydrogen (secondary N) is 1. The zero-order valence-corrected chi connectivity index (χ0v) is 11.9. The number of aromatic nitrogens is 1. The van der Waals surface area contributed by atoms with Crippen LogP contribution >= 0.6 is 11.3 Å². The van der Waals surface area contributed by atoms with Gasteiger partial charge in [-0.2, -0.15) is 0 Å². The van der Waals surface area contributed by atoms with Crippen molar-refractivity contribution in [2.24, 2.45) is 0 Å². The Labute approximate surface area is 119 Å². The number of hydrogen-bond donors (Lipinski definition) is 2. The van der Waals surface area contributed by atoms with E-state index in [1.165, 1.54) is 23.3 Å². The van der Waals surface area contributed by atoms with Gasteiger partial charge in [0, 0.05) is 12.4 Å². The van der Waals surface area contributed by atoms with Crippen LogP contribution < -0.4 is 5.32 Å². The Morgan fingerprint density at radius 3 is 2.70 bits per heavy atom. The highest BCUT2D eigenvalue weighted by Crippen LogP contribution is 2.09. The molecule has 0 aliphatic rings. The van der Waals surface area contributed by atoms with Crippen LogP contribution in [0.4, 0.5) is 4.79 Å². The van der Waals surface area contributed by atoms with E-state index in [1.54, 1.807) is 0 Å². The molecule has 1 heterocycles. The largest absolute Gasteiger partial charge is 0.480 e. The number of nitrogens with zero attached hydrogens (tertiary/aromatic N) is 2. The van der Waals surface area contributed by atoms with Crippen LogP contribution in [-0.4, -0.2) is 53.2 Å². The van der Waals surface area contributed by atoms with Crippen LogP contribution in [0.15, 0.2) is 5.38 Å². The van der Waals surface area contributed by atoms with E-state index in [4.69, 9.17) is 5.11 Å². The van der Waals surface area contributed by atoms with E-state index in [1.807, 2.05) is 12.3 Å². The lowest BCUT2D eigenvalue weighted by Crippen LogP contribution is -2.42. The van der Waals surface area contributed by atoms with Gasteiger partial charge < -0.3 is 14.7 Å². The topological polar surface area (TPSA) is 109 Å². The molecule has 20 heavy (non-hydrogen) atoms. The molecule has 0 saturated heterocycles. The fraction of sp³-hybridized carbons (Fsp3) is 0.455. The normalized spacial score (nSPS) is 10.1. The summed E-state index contributed by atoms with van der Waals surface area (Å²) in [6.07, 6.45) is 0. The molecule has 0 atom stereocenters. The number of carboxylic acid groups (broad SMARTS) is 1. The Kier molecular flexibility index (Phi) is 6.07. The van der Waals surface area contributed by atoms with E-state index in [9.17, 15) is 14.4 Å². The first-order valence-electron chi connectivity index (χ1n) is 5.64. The molecule has 0 unspecified atom stereocenters. The molecule has 0 bridgehead atoms. The second-order valence-electron chi connectivity index (χ2n) is 3.95. The SMILES string of the molecule is Cc1nc(CN(C)C(=O)NC(=O)COCC(=O)O)cs1. The summed E-state index contributed by atoms with van der Waals surface area (Å²) in [4.78, 5) is 38.6. The molecule has 110 valence electrons. The van der Waals surface area contributed by atoms with Crippen molar-refractivity contribution in [3.63, 3.8) is 0 Å². The molecule has 1 aromatic rings. The fourth-order valence-electron chi connectivity index (χ4n) is 1.28. The molecule has 1 aromatic heterocycles. The molecule has 8 nitrogen and oxygen atoms in total. The Balaban J connectivity index is 2.33. The van der Waals surface area contributed by atoms with E-state index in [2.05, 4.69) is 15.0 Å². The molecular weight excluding hydrogens is 286 g/mol. The van der Waals surface area contributed by atoms with Crippen molar-refractivity contribution in [1.29, 1.82) is 0 Å². The molecular formula is C11H15N3O5S. The predicted octanol–water partition coefficient (Wildman–Crippen LogP) is 0.221. The molecule has 0 radical (unpaired) electrons. The smallest absolute Gasteiger partial charge is 0.329 e. The minimum absolute atomic E-state index is 0.277. The molecule has 0 saturated carbocycles. The zero-order chi connectivity index (χ0) is 15.1. The number of carbonyl (C=O) groups is 3. The van der Waals surface area contributed by atoms with E-state index in [-0.39, 0.29) is 6.54 Å². The molecule has 9 heteroatoms. The van der Waals surface area contributed by atoms with Gasteiger partial charge in [0.25, 0.3) is 5.91 Å². The van der Waals surface area contributed by atoms with E-state index >= 15 is 0 Å². The molecule has 0 aliphatic heterocycles. The van der Waals surface area contributed by atoms with Crippen molar-refractivity contribution in [3.05, 3.63) is 16.1 Å². The molecule has 1 rings (SSSR count). The number of imide groups is 1. The van der Waals surface area contributed by atoms with Gasteiger partial charge in [-0.15, -0.1) is 11.3 Å². The number of carboxylic acids is 1.